The summed E-state index contributed by atoms with van der Waals surface area (Å²) < 4.78 is 22.8. The predicted octanol–water partition coefficient (Wildman–Crippen LogP) is 2.66. The molecule has 1 aromatic heterocycles. The van der Waals surface area contributed by atoms with Gasteiger partial charge >= 0.3 is 5.63 Å². The van der Waals surface area contributed by atoms with Crippen molar-refractivity contribution in [1.29, 1.82) is 0 Å². The van der Waals surface area contributed by atoms with Gasteiger partial charge in [-0.25, -0.2) is 4.79 Å². The number of rotatable bonds is 4. The zero-order chi connectivity index (χ0) is 25.0. The minimum Gasteiger partial charge on any atom is -0.507 e. The third-order valence-corrected chi connectivity index (χ3v) is 6.37. The van der Waals surface area contributed by atoms with Gasteiger partial charge in [-0.3, -0.25) is 0 Å². The maximum absolute atomic E-state index is 13.0. The predicted molar refractivity (Wildman–Crippen MR) is 129 cm³/mol. The van der Waals surface area contributed by atoms with Crippen LogP contribution in [0.4, 0.5) is 0 Å². The first-order valence-electron chi connectivity index (χ1n) is 11.0. The molecule has 5 atom stereocenters. The number of aromatic hydroxyl groups is 1. The Morgan fingerprint density at radius 3 is 2.46 bits per heavy atom. The van der Waals surface area contributed by atoms with Gasteiger partial charge in [-0.15, -0.1) is 0 Å². The highest BCUT2D eigenvalue weighted by Gasteiger charge is 2.43. The molecule has 182 valence electrons. The fourth-order valence-corrected chi connectivity index (χ4v) is 4.53. The Hall–Kier alpha value is -3.63. The van der Waals surface area contributed by atoms with Crippen molar-refractivity contribution in [3.8, 4) is 17.2 Å². The normalized spacial score (nSPS) is 24.7. The van der Waals surface area contributed by atoms with Crippen molar-refractivity contribution < 1.29 is 39.1 Å². The fourth-order valence-electron chi connectivity index (χ4n) is 4.53. The van der Waals surface area contributed by atoms with E-state index in [-0.39, 0.29) is 27.9 Å². The van der Waals surface area contributed by atoms with E-state index in [0.717, 1.165) is 0 Å². The third kappa shape index (κ3) is 3.60. The summed E-state index contributed by atoms with van der Waals surface area (Å²) in [6, 6.07) is 9.61. The Bertz CT molecular complexity index is 1520. The van der Waals surface area contributed by atoms with Gasteiger partial charge < -0.3 is 39.1 Å². The minimum atomic E-state index is -1.56. The molecule has 1 aliphatic heterocycles. The first-order chi connectivity index (χ1) is 16.7. The van der Waals surface area contributed by atoms with Crippen molar-refractivity contribution in [1.82, 2.24) is 0 Å². The van der Waals surface area contributed by atoms with Crippen LogP contribution in [0.15, 0.2) is 52.2 Å². The topological polar surface area (TPSA) is 139 Å². The second-order valence-electron chi connectivity index (χ2n) is 8.49. The molecule has 0 aliphatic carbocycles. The Kier molecular flexibility index (Phi) is 5.65. The maximum Gasteiger partial charge on any atom is 0.344 e. The molecule has 9 heteroatoms. The largest absolute Gasteiger partial charge is 0.507 e. The number of hydrogen-bond donors (Lipinski definition) is 4. The zero-order valence-electron chi connectivity index (χ0n) is 19.0. The lowest BCUT2D eigenvalue weighted by atomic mass is 9.98. The Morgan fingerprint density at radius 1 is 0.971 bits per heavy atom. The van der Waals surface area contributed by atoms with Crippen LogP contribution >= 0.6 is 0 Å². The summed E-state index contributed by atoms with van der Waals surface area (Å²) in [6.07, 6.45) is -4.95. The van der Waals surface area contributed by atoms with Crippen LogP contribution in [0.5, 0.6) is 17.2 Å². The standard InChI is InChI=1S/C26H24O9/c1-4-12-8-15-19(17(9-12)32-3)14-10-18(34-26-23(30)22(29)21(28)11(2)33-26)20-13(6-5-7-16(20)27)24(14)35-25(15)31/h4-11,21-23,26-30H,1H2,2-3H3/t11-,21-,22+,23+,26-/m0/s1. The molecule has 0 radical (unpaired) electrons. The number of phenols is 1. The molecule has 9 nitrogen and oxygen atoms in total. The van der Waals surface area contributed by atoms with Crippen molar-refractivity contribution in [3.05, 3.63) is 59.0 Å². The van der Waals surface area contributed by atoms with Crippen molar-refractivity contribution in [2.24, 2.45) is 0 Å². The Balaban J connectivity index is 1.82. The first-order valence-corrected chi connectivity index (χ1v) is 11.0. The molecule has 1 aliphatic rings. The van der Waals surface area contributed by atoms with Gasteiger partial charge in [-0.2, -0.15) is 0 Å². The summed E-state index contributed by atoms with van der Waals surface area (Å²) in [7, 11) is 1.48. The Morgan fingerprint density at radius 2 is 1.74 bits per heavy atom. The van der Waals surface area contributed by atoms with Crippen LogP contribution in [-0.2, 0) is 4.74 Å². The summed E-state index contributed by atoms with van der Waals surface area (Å²) in [5, 5.41) is 43.2. The van der Waals surface area contributed by atoms with E-state index in [1.165, 1.54) is 20.1 Å². The van der Waals surface area contributed by atoms with Crippen molar-refractivity contribution in [3.63, 3.8) is 0 Å². The summed E-state index contributed by atoms with van der Waals surface area (Å²) in [5.74, 6) is 0.354. The second-order valence-corrected chi connectivity index (χ2v) is 8.49. The van der Waals surface area contributed by atoms with E-state index in [1.54, 1.807) is 36.4 Å². The molecule has 0 saturated carbocycles. The molecule has 0 amide bonds. The van der Waals surface area contributed by atoms with E-state index in [2.05, 4.69) is 6.58 Å². The quantitative estimate of drug-likeness (QED) is 0.256. The lowest BCUT2D eigenvalue weighted by Crippen LogP contribution is -2.58. The fraction of sp³-hybridized carbons (Fsp3) is 0.269. The van der Waals surface area contributed by atoms with Gasteiger partial charge in [0.1, 0.15) is 41.1 Å². The summed E-state index contributed by atoms with van der Waals surface area (Å²) >= 11 is 0. The lowest BCUT2D eigenvalue weighted by molar-refractivity contribution is -0.267. The average molecular weight is 480 g/mol. The molecule has 2 heterocycles. The van der Waals surface area contributed by atoms with Crippen LogP contribution in [0.3, 0.4) is 0 Å². The molecule has 1 saturated heterocycles. The van der Waals surface area contributed by atoms with Gasteiger partial charge in [-0.05, 0) is 36.8 Å². The Labute approximate surface area is 199 Å². The second kappa shape index (κ2) is 8.54. The molecule has 0 bridgehead atoms. The SMILES string of the molecule is C=Cc1cc(OC)c2c(c1)c(=O)oc1c3cccc(O)c3c(O[C@@H]3O[C@@H](C)[C@H](O)[C@@H](O)[C@H]3O)cc12. The van der Waals surface area contributed by atoms with Crippen LogP contribution in [-0.4, -0.2) is 58.2 Å². The van der Waals surface area contributed by atoms with Gasteiger partial charge in [0, 0.05) is 16.2 Å². The number of hydrogen-bond acceptors (Lipinski definition) is 9. The lowest BCUT2D eigenvalue weighted by Gasteiger charge is -2.39. The molecule has 4 N–H and O–H groups in total. The van der Waals surface area contributed by atoms with Crippen LogP contribution in [0.2, 0.25) is 0 Å². The van der Waals surface area contributed by atoms with Crippen LogP contribution in [0.25, 0.3) is 38.6 Å². The van der Waals surface area contributed by atoms with Gasteiger partial charge in [-0.1, -0.05) is 24.8 Å². The van der Waals surface area contributed by atoms with E-state index >= 15 is 0 Å². The molecular weight excluding hydrogens is 456 g/mol. The van der Waals surface area contributed by atoms with E-state index in [1.807, 2.05) is 0 Å². The highest BCUT2D eigenvalue weighted by Crippen LogP contribution is 2.43. The van der Waals surface area contributed by atoms with Gasteiger partial charge in [0.25, 0.3) is 0 Å². The molecule has 1 fully saturated rings. The maximum atomic E-state index is 13.0. The molecule has 5 rings (SSSR count). The van der Waals surface area contributed by atoms with Crippen LogP contribution in [0, 0.1) is 0 Å². The number of phenolic OH excluding ortho intramolecular Hbond substituents is 1. The van der Waals surface area contributed by atoms with Crippen molar-refractivity contribution in [2.75, 3.05) is 7.11 Å². The van der Waals surface area contributed by atoms with Crippen LogP contribution in [0.1, 0.15) is 12.5 Å². The highest BCUT2D eigenvalue weighted by atomic mass is 16.7. The van der Waals surface area contributed by atoms with Gasteiger partial charge in [0.15, 0.2) is 0 Å². The van der Waals surface area contributed by atoms with E-state index < -0.39 is 36.3 Å². The van der Waals surface area contributed by atoms with E-state index in [9.17, 15) is 25.2 Å². The average Bonchev–Trinajstić information content (AvgIpc) is 2.85. The minimum absolute atomic E-state index is 0.107. The van der Waals surface area contributed by atoms with Crippen molar-refractivity contribution in [2.45, 2.75) is 37.6 Å². The molecule has 0 spiro atoms. The molecule has 3 aromatic carbocycles. The summed E-state index contributed by atoms with van der Waals surface area (Å²) in [6.45, 7) is 5.29. The number of aliphatic hydroxyl groups excluding tert-OH is 3. The molecule has 4 aromatic rings. The molecule has 0 unspecified atom stereocenters. The molecule has 35 heavy (non-hydrogen) atoms. The number of methoxy groups -OCH3 is 1. The first kappa shape index (κ1) is 23.1. The summed E-state index contributed by atoms with van der Waals surface area (Å²) in [4.78, 5) is 13.0. The zero-order valence-corrected chi connectivity index (χ0v) is 19.0. The number of benzene rings is 3. The number of fused-ring (bicyclic) bond motifs is 5. The number of ether oxygens (including phenoxy) is 3. The van der Waals surface area contributed by atoms with Crippen molar-refractivity contribution >= 4 is 38.6 Å². The van der Waals surface area contributed by atoms with Gasteiger partial charge in [0.2, 0.25) is 6.29 Å². The van der Waals surface area contributed by atoms with Gasteiger partial charge in [0.05, 0.1) is 24.0 Å². The van der Waals surface area contributed by atoms with E-state index in [4.69, 9.17) is 18.6 Å². The molecular formula is C26H24O9. The number of aliphatic hydroxyl groups is 3. The highest BCUT2D eigenvalue weighted by molar-refractivity contribution is 6.18. The summed E-state index contributed by atoms with van der Waals surface area (Å²) in [5.41, 5.74) is 0.278. The third-order valence-electron chi connectivity index (χ3n) is 6.37. The van der Waals surface area contributed by atoms with Crippen LogP contribution < -0.4 is 15.1 Å². The van der Waals surface area contributed by atoms with E-state index in [0.29, 0.717) is 27.5 Å². The monoisotopic (exact) mass is 480 g/mol. The smallest absolute Gasteiger partial charge is 0.344 e.